The van der Waals surface area contributed by atoms with Crippen LogP contribution in [0.5, 0.6) is 0 Å². The van der Waals surface area contributed by atoms with E-state index in [0.29, 0.717) is 42.3 Å². The summed E-state index contributed by atoms with van der Waals surface area (Å²) in [4.78, 5) is 44.9. The van der Waals surface area contributed by atoms with E-state index in [1.165, 1.54) is 0 Å². The van der Waals surface area contributed by atoms with Crippen molar-refractivity contribution in [1.82, 2.24) is 4.90 Å². The van der Waals surface area contributed by atoms with Crippen molar-refractivity contribution in [2.24, 2.45) is 0 Å². The van der Waals surface area contributed by atoms with Crippen LogP contribution < -0.4 is 4.90 Å². The summed E-state index contributed by atoms with van der Waals surface area (Å²) in [6.45, 7) is 21.0. The number of ether oxygens (including phenoxy) is 2. The van der Waals surface area contributed by atoms with E-state index in [1.807, 2.05) is 47.6 Å². The molecule has 0 spiro atoms. The molecule has 0 aromatic carbocycles. The second-order valence-corrected chi connectivity index (χ2v) is 13.9. The Morgan fingerprint density at radius 3 is 2.56 bits per heavy atom. The van der Waals surface area contributed by atoms with E-state index in [2.05, 4.69) is 30.2 Å². The minimum Gasteiger partial charge on any atom is -0.444 e. The molecule has 3 aliphatic rings. The lowest BCUT2D eigenvalue weighted by atomic mass is 9.96. The van der Waals surface area contributed by atoms with Crippen LogP contribution >= 0.6 is 11.3 Å². The van der Waals surface area contributed by atoms with Gasteiger partial charge < -0.3 is 19.3 Å². The van der Waals surface area contributed by atoms with Gasteiger partial charge in [-0.05, 0) is 96.8 Å². The molecular weight excluding hydrogens is 560 g/mol. The fourth-order valence-corrected chi connectivity index (χ4v) is 7.78. The van der Waals surface area contributed by atoms with Crippen molar-refractivity contribution in [2.75, 3.05) is 37.7 Å². The molecule has 0 bridgehead atoms. The average Bonchev–Trinajstić information content (AvgIpc) is 3.54. The third-order valence-corrected chi connectivity index (χ3v) is 9.80. The third kappa shape index (κ3) is 7.69. The molecule has 4 rings (SSSR count). The van der Waals surface area contributed by atoms with E-state index < -0.39 is 5.60 Å². The summed E-state index contributed by atoms with van der Waals surface area (Å²) in [6, 6.07) is 0.348. The molecule has 1 aliphatic carbocycles. The molecule has 1 atom stereocenters. The molecule has 0 N–H and O–H groups in total. The lowest BCUT2D eigenvalue weighted by molar-refractivity contribution is -0.112. The summed E-state index contributed by atoms with van der Waals surface area (Å²) in [7, 11) is 0. The van der Waals surface area contributed by atoms with Crippen LogP contribution in [0.25, 0.3) is 0 Å². The minimum atomic E-state index is -0.572. The first-order valence-electron chi connectivity index (χ1n) is 15.4. The smallest absolute Gasteiger partial charge is 0.410 e. The Morgan fingerprint density at radius 1 is 1.21 bits per heavy atom. The first kappa shape index (κ1) is 32.8. The topological polar surface area (TPSA) is 76.2 Å². The van der Waals surface area contributed by atoms with Crippen LogP contribution in [0.2, 0.25) is 0 Å². The van der Waals surface area contributed by atoms with Crippen molar-refractivity contribution in [3.05, 3.63) is 51.0 Å². The summed E-state index contributed by atoms with van der Waals surface area (Å²) in [5.41, 5.74) is 4.13. The van der Waals surface area contributed by atoms with Gasteiger partial charge in [-0.3, -0.25) is 9.59 Å². The standard InChI is InChI=1S/C35H46N2O5S.2H2/c1-9-37(27-14-17-41-18-15-27)33-25(5)30(32(43-33)26-13-16-36(21-26)34(40)42-35(6,7)8)29(38)12-10-11-28-23(3)19-22(2)20-24(4)31(28)39;;/h19,26-27H,4,9,11,13-18,20-21H2,1-3,5-8H3;2*1H. The van der Waals surface area contributed by atoms with Crippen LogP contribution in [0.15, 0.2) is 34.9 Å². The maximum atomic E-state index is 13.9. The largest absolute Gasteiger partial charge is 0.444 e. The molecule has 7 nitrogen and oxygen atoms in total. The average molecular weight is 611 g/mol. The van der Waals surface area contributed by atoms with Crippen molar-refractivity contribution < 1.29 is 26.7 Å². The van der Waals surface area contributed by atoms with E-state index in [9.17, 15) is 14.4 Å². The molecule has 1 amide bonds. The highest BCUT2D eigenvalue weighted by atomic mass is 32.1. The first-order valence-corrected chi connectivity index (χ1v) is 16.2. The summed E-state index contributed by atoms with van der Waals surface area (Å²) < 4.78 is 11.3. The summed E-state index contributed by atoms with van der Waals surface area (Å²) in [5, 5.41) is 1.10. The van der Waals surface area contributed by atoms with Crippen LogP contribution in [-0.2, 0) is 14.3 Å². The van der Waals surface area contributed by atoms with Gasteiger partial charge in [0.1, 0.15) is 5.60 Å². The monoisotopic (exact) mass is 610 g/mol. The predicted octanol–water partition coefficient (Wildman–Crippen LogP) is 7.65. The lowest BCUT2D eigenvalue weighted by Gasteiger charge is -2.34. The maximum Gasteiger partial charge on any atom is 0.410 e. The van der Waals surface area contributed by atoms with Gasteiger partial charge in [-0.1, -0.05) is 24.1 Å². The number of likely N-dealkylation sites (tertiary alicyclic amines) is 1. The van der Waals surface area contributed by atoms with Gasteiger partial charge >= 0.3 is 6.09 Å². The highest BCUT2D eigenvalue weighted by molar-refractivity contribution is 7.16. The number of allylic oxidation sites excluding steroid dienone is 5. The van der Waals surface area contributed by atoms with E-state index in [-0.39, 0.29) is 32.9 Å². The normalized spacial score (nSPS) is 20.0. The van der Waals surface area contributed by atoms with Gasteiger partial charge in [0.25, 0.3) is 0 Å². The van der Waals surface area contributed by atoms with Gasteiger partial charge in [0.05, 0.1) is 10.6 Å². The minimum absolute atomic E-state index is 0. The lowest BCUT2D eigenvalue weighted by Crippen LogP contribution is -2.39. The second kappa shape index (κ2) is 13.7. The number of anilines is 1. The number of hydrogen-bond acceptors (Lipinski definition) is 7. The predicted molar refractivity (Wildman–Crippen MR) is 177 cm³/mol. The van der Waals surface area contributed by atoms with Crippen LogP contribution in [0.1, 0.15) is 103 Å². The number of carbonyl (C=O) groups excluding carboxylic acids is 3. The number of ketones is 2. The van der Waals surface area contributed by atoms with Gasteiger partial charge in [-0.25, -0.2) is 4.79 Å². The van der Waals surface area contributed by atoms with Crippen LogP contribution in [-0.4, -0.2) is 67.1 Å². The van der Waals surface area contributed by atoms with Crippen molar-refractivity contribution in [1.29, 1.82) is 0 Å². The molecule has 2 fully saturated rings. The van der Waals surface area contributed by atoms with Crippen LogP contribution in [0.3, 0.4) is 0 Å². The molecule has 1 aromatic heterocycles. The number of hydrogen-bond donors (Lipinski definition) is 0. The molecule has 1 unspecified atom stereocenters. The maximum absolute atomic E-state index is 13.9. The first-order chi connectivity index (χ1) is 20.3. The van der Waals surface area contributed by atoms with Crippen molar-refractivity contribution >= 4 is 34.0 Å². The van der Waals surface area contributed by atoms with Crippen molar-refractivity contribution in [2.45, 2.75) is 98.1 Å². The molecule has 8 heteroatoms. The summed E-state index contributed by atoms with van der Waals surface area (Å²) >= 11 is 1.67. The zero-order chi connectivity index (χ0) is 31.5. The van der Waals surface area contributed by atoms with Crippen LogP contribution in [0.4, 0.5) is 9.80 Å². The number of nitrogens with zero attached hydrogens (tertiary/aromatic N) is 2. The van der Waals surface area contributed by atoms with Gasteiger partial charge in [0.2, 0.25) is 5.78 Å². The molecular formula is C35H50N2O5S. The third-order valence-electron chi connectivity index (χ3n) is 8.31. The Labute approximate surface area is 263 Å². The Bertz CT molecular complexity index is 1420. The second-order valence-electron chi connectivity index (χ2n) is 12.9. The molecule has 236 valence electrons. The molecule has 3 heterocycles. The molecule has 1 aromatic rings. The highest BCUT2D eigenvalue weighted by Crippen LogP contribution is 2.44. The number of carbonyl (C=O) groups is 3. The Balaban J connectivity index is 0.00000353. The van der Waals surface area contributed by atoms with Crippen molar-refractivity contribution in [3.8, 4) is 11.8 Å². The van der Waals surface area contributed by atoms with Gasteiger partial charge in [-0.2, -0.15) is 0 Å². The molecule has 43 heavy (non-hydrogen) atoms. The van der Waals surface area contributed by atoms with E-state index in [4.69, 9.17) is 9.47 Å². The Hall–Kier alpha value is -3.15. The fourth-order valence-electron chi connectivity index (χ4n) is 6.21. The Kier molecular flexibility index (Phi) is 10.4. The Morgan fingerprint density at radius 2 is 1.91 bits per heavy atom. The number of rotatable bonds is 6. The zero-order valence-corrected chi connectivity index (χ0v) is 27.7. The van der Waals surface area contributed by atoms with E-state index in [1.54, 1.807) is 16.2 Å². The molecule has 2 aliphatic heterocycles. The zero-order valence-electron chi connectivity index (χ0n) is 26.9. The quantitative estimate of drug-likeness (QED) is 0.143. The van der Waals surface area contributed by atoms with Gasteiger partial charge in [0.15, 0.2) is 5.78 Å². The van der Waals surface area contributed by atoms with E-state index in [0.717, 1.165) is 65.6 Å². The summed E-state index contributed by atoms with van der Waals surface area (Å²) in [6.07, 6.45) is 5.08. The van der Waals surface area contributed by atoms with Gasteiger partial charge in [-0.15, -0.1) is 11.3 Å². The van der Waals surface area contributed by atoms with E-state index >= 15 is 0 Å². The fraction of sp³-hybridized carbons (Fsp3) is 0.571. The van der Waals surface area contributed by atoms with Crippen LogP contribution in [0, 0.1) is 18.8 Å². The number of Topliss-reactive ketones (excluding diaryl/α,β-unsaturated/α-hetero) is 2. The van der Waals surface area contributed by atoms with Gasteiger partial charge in [0, 0.05) is 64.5 Å². The molecule has 0 saturated carbocycles. The SMILES string of the molecule is C=C1CC(C)=CC(C)=C(CC#CC(=O)c2c(C3CCN(C(=O)OC(C)(C)C)C3)sc(N(CC)C3CCOCC3)c2C)C1=O.[HH].[HH]. The molecule has 2 saturated heterocycles. The number of amides is 1. The number of thiophene rings is 1. The summed E-state index contributed by atoms with van der Waals surface area (Å²) in [5.74, 6) is 5.62. The van der Waals surface area contributed by atoms with Crippen molar-refractivity contribution in [3.63, 3.8) is 0 Å². The molecule has 0 radical (unpaired) electrons. The highest BCUT2D eigenvalue weighted by Gasteiger charge is 2.36.